The van der Waals surface area contributed by atoms with Crippen molar-refractivity contribution in [1.29, 1.82) is 0 Å². The molecule has 0 aromatic rings. The minimum Gasteiger partial charge on any atom is -0.353 e. The molecule has 22 heavy (non-hydrogen) atoms. The number of nitrogens with one attached hydrogen (secondary N) is 1. The van der Waals surface area contributed by atoms with E-state index in [1.807, 2.05) is 0 Å². The van der Waals surface area contributed by atoms with Gasteiger partial charge in [-0.25, -0.2) is 0 Å². The molecule has 3 saturated carbocycles. The number of piperidine rings is 1. The van der Waals surface area contributed by atoms with Gasteiger partial charge in [0.25, 0.3) is 0 Å². The first-order valence-electron chi connectivity index (χ1n) is 9.48. The summed E-state index contributed by atoms with van der Waals surface area (Å²) in [5, 5.41) is 3.32. The molecule has 0 aromatic heterocycles. The Morgan fingerprint density at radius 1 is 1.05 bits per heavy atom. The van der Waals surface area contributed by atoms with Crippen molar-refractivity contribution in [3.63, 3.8) is 0 Å². The Kier molecular flexibility index (Phi) is 3.38. The molecule has 6 unspecified atom stereocenters. The third-order valence-electron chi connectivity index (χ3n) is 8.58. The SMILES string of the molecule is CC12CCC3C(CC[C@H]4NC(=O)CCC34C)C1CCC2CN. The average molecular weight is 304 g/mol. The highest BCUT2D eigenvalue weighted by molar-refractivity contribution is 5.77. The summed E-state index contributed by atoms with van der Waals surface area (Å²) in [5.41, 5.74) is 6.94. The van der Waals surface area contributed by atoms with E-state index >= 15 is 0 Å². The maximum atomic E-state index is 11.8. The average Bonchev–Trinajstić information content (AvgIpc) is 2.84. The lowest BCUT2D eigenvalue weighted by Gasteiger charge is -2.60. The van der Waals surface area contributed by atoms with Gasteiger partial charge in [0.2, 0.25) is 5.91 Å². The van der Waals surface area contributed by atoms with Gasteiger partial charge in [-0.2, -0.15) is 0 Å². The second-order valence-corrected chi connectivity index (χ2v) is 9.13. The van der Waals surface area contributed by atoms with Crippen LogP contribution in [0.3, 0.4) is 0 Å². The highest BCUT2D eigenvalue weighted by atomic mass is 16.1. The summed E-state index contributed by atoms with van der Waals surface area (Å²) in [6.45, 7) is 5.89. The lowest BCUT2D eigenvalue weighted by molar-refractivity contribution is -0.136. The summed E-state index contributed by atoms with van der Waals surface area (Å²) < 4.78 is 0. The number of carbonyl (C=O) groups is 1. The van der Waals surface area contributed by atoms with Crippen LogP contribution in [0.5, 0.6) is 0 Å². The fraction of sp³-hybridized carbons (Fsp3) is 0.947. The molecular weight excluding hydrogens is 272 g/mol. The van der Waals surface area contributed by atoms with Crippen LogP contribution in [0.15, 0.2) is 0 Å². The van der Waals surface area contributed by atoms with Gasteiger partial charge >= 0.3 is 0 Å². The van der Waals surface area contributed by atoms with Crippen LogP contribution >= 0.6 is 0 Å². The van der Waals surface area contributed by atoms with Crippen molar-refractivity contribution < 1.29 is 4.79 Å². The molecule has 0 aromatic carbocycles. The molecule has 3 heteroatoms. The molecular formula is C19H32N2O. The number of carbonyl (C=O) groups excluding carboxylic acids is 1. The van der Waals surface area contributed by atoms with Crippen molar-refractivity contribution in [3.05, 3.63) is 0 Å². The summed E-state index contributed by atoms with van der Waals surface area (Å²) >= 11 is 0. The molecule has 3 aliphatic carbocycles. The first kappa shape index (κ1) is 15.0. The van der Waals surface area contributed by atoms with Crippen LogP contribution in [0.25, 0.3) is 0 Å². The standard InChI is InChI=1S/C19H32N2O/c1-18-9-7-15-13(14(18)5-3-12(18)11-20)4-6-16-19(15,2)10-8-17(22)21-16/h12-16H,3-11,20H2,1-2H3,(H,21,22)/t12?,13?,14?,15?,16-,18?,19?/m1/s1. The molecule has 1 heterocycles. The van der Waals surface area contributed by atoms with Crippen molar-refractivity contribution in [2.45, 2.75) is 71.3 Å². The zero-order valence-corrected chi connectivity index (χ0v) is 14.2. The fourth-order valence-corrected chi connectivity index (χ4v) is 7.20. The van der Waals surface area contributed by atoms with Crippen molar-refractivity contribution >= 4 is 5.91 Å². The number of hydrogen-bond acceptors (Lipinski definition) is 2. The first-order chi connectivity index (χ1) is 10.5. The Hall–Kier alpha value is -0.570. The highest BCUT2D eigenvalue weighted by Crippen LogP contribution is 2.65. The van der Waals surface area contributed by atoms with Crippen molar-refractivity contribution in [3.8, 4) is 0 Å². The van der Waals surface area contributed by atoms with Gasteiger partial charge in [0.1, 0.15) is 0 Å². The third kappa shape index (κ3) is 1.87. The summed E-state index contributed by atoms with van der Waals surface area (Å²) in [7, 11) is 0. The second kappa shape index (κ2) is 4.96. The lowest BCUT2D eigenvalue weighted by atomic mass is 9.47. The van der Waals surface area contributed by atoms with Crippen LogP contribution in [0, 0.1) is 34.5 Å². The van der Waals surface area contributed by atoms with Crippen LogP contribution in [-0.4, -0.2) is 18.5 Å². The largest absolute Gasteiger partial charge is 0.353 e. The molecule has 1 saturated heterocycles. The van der Waals surface area contributed by atoms with E-state index < -0.39 is 0 Å². The van der Waals surface area contributed by atoms with Gasteiger partial charge in [-0.15, -0.1) is 0 Å². The molecule has 1 amide bonds. The quantitative estimate of drug-likeness (QED) is 0.782. The van der Waals surface area contributed by atoms with Crippen LogP contribution in [0.4, 0.5) is 0 Å². The van der Waals surface area contributed by atoms with Gasteiger partial charge in [-0.05, 0) is 86.0 Å². The van der Waals surface area contributed by atoms with Crippen molar-refractivity contribution in [2.24, 2.45) is 40.2 Å². The molecule has 3 nitrogen and oxygen atoms in total. The monoisotopic (exact) mass is 304 g/mol. The normalized spacial score (nSPS) is 54.1. The highest BCUT2D eigenvalue weighted by Gasteiger charge is 2.59. The number of rotatable bonds is 1. The van der Waals surface area contributed by atoms with Crippen LogP contribution in [0.2, 0.25) is 0 Å². The van der Waals surface area contributed by atoms with Crippen LogP contribution in [-0.2, 0) is 4.79 Å². The van der Waals surface area contributed by atoms with Gasteiger partial charge in [0.15, 0.2) is 0 Å². The third-order valence-corrected chi connectivity index (χ3v) is 8.58. The molecule has 7 atom stereocenters. The molecule has 3 N–H and O–H groups in total. The Morgan fingerprint density at radius 3 is 2.59 bits per heavy atom. The van der Waals surface area contributed by atoms with E-state index in [-0.39, 0.29) is 5.91 Å². The Labute approximate surface area is 134 Å². The maximum absolute atomic E-state index is 11.8. The molecule has 0 bridgehead atoms. The van der Waals surface area contributed by atoms with E-state index in [2.05, 4.69) is 19.2 Å². The minimum atomic E-state index is 0.283. The number of amides is 1. The summed E-state index contributed by atoms with van der Waals surface area (Å²) in [4.78, 5) is 11.8. The first-order valence-corrected chi connectivity index (χ1v) is 9.48. The van der Waals surface area contributed by atoms with E-state index in [4.69, 9.17) is 5.73 Å². The van der Waals surface area contributed by atoms with Crippen LogP contribution in [0.1, 0.15) is 65.2 Å². The number of hydrogen-bond donors (Lipinski definition) is 2. The lowest BCUT2D eigenvalue weighted by Crippen LogP contribution is -2.61. The summed E-state index contributed by atoms with van der Waals surface area (Å²) in [6.07, 6.45) is 9.82. The van der Waals surface area contributed by atoms with Crippen molar-refractivity contribution in [2.75, 3.05) is 6.54 Å². The van der Waals surface area contributed by atoms with E-state index in [0.717, 1.165) is 43.1 Å². The topological polar surface area (TPSA) is 55.1 Å². The Balaban J connectivity index is 1.62. The van der Waals surface area contributed by atoms with Crippen molar-refractivity contribution in [1.82, 2.24) is 5.32 Å². The van der Waals surface area contributed by atoms with E-state index in [1.54, 1.807) is 0 Å². The molecule has 4 fully saturated rings. The second-order valence-electron chi connectivity index (χ2n) is 9.13. The minimum absolute atomic E-state index is 0.283. The molecule has 0 radical (unpaired) electrons. The van der Waals surface area contributed by atoms with E-state index in [0.29, 0.717) is 16.9 Å². The summed E-state index contributed by atoms with van der Waals surface area (Å²) in [5.74, 6) is 3.61. The predicted octanol–water partition coefficient (Wildman–Crippen LogP) is 3.08. The number of fused-ring (bicyclic) bond motifs is 5. The molecule has 4 aliphatic rings. The van der Waals surface area contributed by atoms with Gasteiger partial charge in [-0.1, -0.05) is 13.8 Å². The summed E-state index contributed by atoms with van der Waals surface area (Å²) in [6, 6.07) is 0.436. The predicted molar refractivity (Wildman–Crippen MR) is 88.1 cm³/mol. The van der Waals surface area contributed by atoms with Gasteiger partial charge < -0.3 is 11.1 Å². The van der Waals surface area contributed by atoms with Gasteiger partial charge in [-0.3, -0.25) is 4.79 Å². The zero-order valence-electron chi connectivity index (χ0n) is 14.2. The van der Waals surface area contributed by atoms with E-state index in [1.165, 1.54) is 38.5 Å². The van der Waals surface area contributed by atoms with Crippen LogP contribution < -0.4 is 11.1 Å². The Morgan fingerprint density at radius 2 is 1.82 bits per heavy atom. The molecule has 124 valence electrons. The smallest absolute Gasteiger partial charge is 0.220 e. The molecule has 1 aliphatic heterocycles. The van der Waals surface area contributed by atoms with E-state index in [9.17, 15) is 4.79 Å². The van der Waals surface area contributed by atoms with Gasteiger partial charge in [0.05, 0.1) is 0 Å². The molecule has 4 rings (SSSR count). The fourth-order valence-electron chi connectivity index (χ4n) is 7.20. The Bertz CT molecular complexity index is 478. The van der Waals surface area contributed by atoms with Gasteiger partial charge in [0, 0.05) is 12.5 Å². The maximum Gasteiger partial charge on any atom is 0.220 e. The zero-order chi connectivity index (χ0) is 15.5. The number of nitrogens with two attached hydrogens (primary N) is 1. The molecule has 0 spiro atoms.